The van der Waals surface area contributed by atoms with E-state index in [9.17, 15) is 18.1 Å². The van der Waals surface area contributed by atoms with Crippen molar-refractivity contribution in [3.05, 3.63) is 24.2 Å². The van der Waals surface area contributed by atoms with Gasteiger partial charge in [0.2, 0.25) is 0 Å². The molecule has 0 saturated carbocycles. The molecule has 0 aliphatic heterocycles. The van der Waals surface area contributed by atoms with Crippen molar-refractivity contribution < 1.29 is 31.6 Å². The average molecular weight is 282 g/mol. The maximum Gasteiger partial charge on any atom is 0.410 e. The zero-order valence-corrected chi connectivity index (χ0v) is 10.8. The molecule has 8 heteroatoms. The summed E-state index contributed by atoms with van der Waals surface area (Å²) < 4.78 is 53.2. The van der Waals surface area contributed by atoms with Crippen molar-refractivity contribution >= 4 is 13.4 Å². The van der Waals surface area contributed by atoms with Crippen molar-refractivity contribution in [2.75, 3.05) is 13.2 Å². The second kappa shape index (κ2) is 5.73. The number of ketones is 1. The Morgan fingerprint density at radius 1 is 1.39 bits per heavy atom. The molecular weight excluding hydrogens is 269 g/mol. The highest BCUT2D eigenvalue weighted by atomic mass is 31.2. The van der Waals surface area contributed by atoms with Crippen LogP contribution in [-0.2, 0) is 13.6 Å². The minimum absolute atomic E-state index is 0.266. The van der Waals surface area contributed by atoms with Crippen LogP contribution in [0.5, 0.6) is 0 Å². The van der Waals surface area contributed by atoms with Crippen molar-refractivity contribution in [3.8, 4) is 0 Å². The van der Waals surface area contributed by atoms with Gasteiger partial charge in [0.1, 0.15) is 0 Å². The molecule has 0 bridgehead atoms. The molecule has 0 spiro atoms. The van der Waals surface area contributed by atoms with E-state index in [1.807, 2.05) is 0 Å². The Labute approximate surface area is 103 Å². The van der Waals surface area contributed by atoms with Gasteiger partial charge in [-0.2, -0.15) is 8.78 Å². The molecule has 0 unspecified atom stereocenters. The first kappa shape index (κ1) is 15.0. The molecule has 1 aromatic heterocycles. The number of Topliss-reactive ketones (excluding diaryl/α,β-unsaturated/α-hetero) is 1. The Hall–Kier alpha value is -1.04. The van der Waals surface area contributed by atoms with Gasteiger partial charge in [0.25, 0.3) is 5.78 Å². The Morgan fingerprint density at radius 3 is 2.33 bits per heavy atom. The first-order chi connectivity index (χ1) is 8.39. The number of carbonyl (C=O) groups excluding carboxylic acids is 1. The Bertz CT molecular complexity index is 433. The van der Waals surface area contributed by atoms with Crippen LogP contribution in [0, 0.1) is 0 Å². The van der Waals surface area contributed by atoms with E-state index in [4.69, 9.17) is 0 Å². The molecule has 102 valence electrons. The van der Waals surface area contributed by atoms with Crippen molar-refractivity contribution in [3.63, 3.8) is 0 Å². The van der Waals surface area contributed by atoms with E-state index in [1.165, 1.54) is 19.9 Å². The Morgan fingerprint density at radius 2 is 1.94 bits per heavy atom. The Kier molecular flexibility index (Phi) is 4.78. The SMILES string of the molecule is CCOP(=O)(OCC)C(F)(F)C(=O)c1ccco1. The van der Waals surface area contributed by atoms with Crippen LogP contribution in [0.4, 0.5) is 8.78 Å². The van der Waals surface area contributed by atoms with Crippen LogP contribution in [-0.4, -0.2) is 24.7 Å². The highest BCUT2D eigenvalue weighted by molar-refractivity contribution is 7.56. The normalized spacial score (nSPS) is 12.7. The third kappa shape index (κ3) is 2.68. The predicted octanol–water partition coefficient (Wildman–Crippen LogP) is 3.32. The van der Waals surface area contributed by atoms with E-state index in [-0.39, 0.29) is 13.2 Å². The molecule has 0 aliphatic carbocycles. The molecule has 0 fully saturated rings. The van der Waals surface area contributed by atoms with E-state index >= 15 is 0 Å². The van der Waals surface area contributed by atoms with E-state index in [1.54, 1.807) is 0 Å². The second-order valence-electron chi connectivity index (χ2n) is 3.18. The van der Waals surface area contributed by atoms with E-state index in [0.717, 1.165) is 12.3 Å². The monoisotopic (exact) mass is 282 g/mol. The van der Waals surface area contributed by atoms with Gasteiger partial charge in [-0.25, -0.2) is 0 Å². The fraction of sp³-hybridized carbons (Fsp3) is 0.500. The lowest BCUT2D eigenvalue weighted by molar-refractivity contribution is 0.0297. The first-order valence-electron chi connectivity index (χ1n) is 5.24. The van der Waals surface area contributed by atoms with Gasteiger partial charge in [0.15, 0.2) is 5.76 Å². The summed E-state index contributed by atoms with van der Waals surface area (Å²) in [5, 5.41) is 0. The molecule has 0 N–H and O–H groups in total. The number of hydrogen-bond donors (Lipinski definition) is 0. The number of furan rings is 1. The van der Waals surface area contributed by atoms with Crippen LogP contribution in [0.15, 0.2) is 22.8 Å². The Balaban J connectivity index is 3.09. The summed E-state index contributed by atoms with van der Waals surface area (Å²) >= 11 is 0. The zero-order valence-electron chi connectivity index (χ0n) is 9.89. The lowest BCUT2D eigenvalue weighted by atomic mass is 10.3. The van der Waals surface area contributed by atoms with Gasteiger partial charge in [0.05, 0.1) is 19.5 Å². The van der Waals surface area contributed by atoms with Crippen molar-refractivity contribution in [2.45, 2.75) is 19.5 Å². The zero-order chi connectivity index (χ0) is 13.8. The van der Waals surface area contributed by atoms with E-state index < -0.39 is 24.8 Å². The summed E-state index contributed by atoms with van der Waals surface area (Å²) in [6.45, 7) is 2.22. The molecule has 1 aromatic rings. The summed E-state index contributed by atoms with van der Waals surface area (Å²) in [5.74, 6) is -2.32. The van der Waals surface area contributed by atoms with Crippen molar-refractivity contribution in [1.29, 1.82) is 0 Å². The average Bonchev–Trinajstić information content (AvgIpc) is 2.81. The molecular formula is C10H13F2O5P. The minimum atomic E-state index is -4.86. The van der Waals surface area contributed by atoms with Crippen LogP contribution in [0.25, 0.3) is 0 Å². The number of hydrogen-bond acceptors (Lipinski definition) is 5. The molecule has 0 atom stereocenters. The molecule has 1 rings (SSSR count). The van der Waals surface area contributed by atoms with Gasteiger partial charge in [-0.05, 0) is 26.0 Å². The van der Waals surface area contributed by atoms with Crippen LogP contribution in [0.2, 0.25) is 0 Å². The topological polar surface area (TPSA) is 65.7 Å². The molecule has 0 aromatic carbocycles. The third-order valence-electron chi connectivity index (χ3n) is 1.96. The molecule has 5 nitrogen and oxygen atoms in total. The molecule has 0 radical (unpaired) electrons. The fourth-order valence-corrected chi connectivity index (χ4v) is 2.66. The smallest absolute Gasteiger partial charge is 0.410 e. The van der Waals surface area contributed by atoms with E-state index in [0.29, 0.717) is 0 Å². The number of carbonyl (C=O) groups is 1. The van der Waals surface area contributed by atoms with Crippen LogP contribution < -0.4 is 0 Å². The summed E-state index contributed by atoms with van der Waals surface area (Å²) in [5.41, 5.74) is -4.28. The number of halogens is 2. The molecule has 0 saturated heterocycles. The molecule has 0 amide bonds. The summed E-state index contributed by atoms with van der Waals surface area (Å²) in [4.78, 5) is 11.5. The second-order valence-corrected chi connectivity index (χ2v) is 5.25. The van der Waals surface area contributed by atoms with Crippen LogP contribution >= 0.6 is 7.60 Å². The van der Waals surface area contributed by atoms with Gasteiger partial charge in [0, 0.05) is 0 Å². The van der Waals surface area contributed by atoms with E-state index in [2.05, 4.69) is 13.5 Å². The predicted molar refractivity (Wildman–Crippen MR) is 58.8 cm³/mol. The molecule has 0 aliphatic rings. The number of rotatable bonds is 7. The van der Waals surface area contributed by atoms with Gasteiger partial charge < -0.3 is 13.5 Å². The quantitative estimate of drug-likeness (QED) is 0.567. The lowest BCUT2D eigenvalue weighted by Crippen LogP contribution is -2.30. The summed E-state index contributed by atoms with van der Waals surface area (Å²) in [7, 11) is -4.86. The van der Waals surface area contributed by atoms with Crippen LogP contribution in [0.1, 0.15) is 24.4 Å². The van der Waals surface area contributed by atoms with Crippen LogP contribution in [0.3, 0.4) is 0 Å². The van der Waals surface area contributed by atoms with Gasteiger partial charge in [-0.15, -0.1) is 0 Å². The maximum atomic E-state index is 13.9. The fourth-order valence-electron chi connectivity index (χ4n) is 1.22. The van der Waals surface area contributed by atoms with Gasteiger partial charge >= 0.3 is 13.3 Å². The highest BCUT2D eigenvalue weighted by Gasteiger charge is 2.60. The summed E-state index contributed by atoms with van der Waals surface area (Å²) in [6, 6.07) is 2.33. The maximum absolute atomic E-state index is 13.9. The highest BCUT2D eigenvalue weighted by Crippen LogP contribution is 2.62. The van der Waals surface area contributed by atoms with Gasteiger partial charge in [-0.3, -0.25) is 9.36 Å². The van der Waals surface area contributed by atoms with Crippen molar-refractivity contribution in [1.82, 2.24) is 0 Å². The molecule has 1 heterocycles. The van der Waals surface area contributed by atoms with Gasteiger partial charge in [-0.1, -0.05) is 0 Å². The summed E-state index contributed by atoms with van der Waals surface area (Å²) in [6.07, 6.45) is 1.07. The standard InChI is InChI=1S/C10H13F2O5P/c1-3-16-18(14,17-4-2)10(11,12)9(13)8-6-5-7-15-8/h5-7H,3-4H2,1-2H3. The lowest BCUT2D eigenvalue weighted by Gasteiger charge is -2.23. The molecule has 18 heavy (non-hydrogen) atoms. The third-order valence-corrected chi connectivity index (χ3v) is 4.05. The first-order valence-corrected chi connectivity index (χ1v) is 6.78. The minimum Gasteiger partial charge on any atom is -0.461 e. The van der Waals surface area contributed by atoms with Crippen molar-refractivity contribution in [2.24, 2.45) is 0 Å². The largest absolute Gasteiger partial charge is 0.461 e. The number of alkyl halides is 2.